The highest BCUT2D eigenvalue weighted by molar-refractivity contribution is 6.09. The van der Waals surface area contributed by atoms with Crippen LogP contribution in [0.4, 0.5) is 17.1 Å². The van der Waals surface area contributed by atoms with Gasteiger partial charge in [-0.15, -0.1) is 0 Å². The van der Waals surface area contributed by atoms with Crippen LogP contribution in [0.25, 0.3) is 55.2 Å². The first-order valence-electron chi connectivity index (χ1n) is 17.7. The van der Waals surface area contributed by atoms with Crippen molar-refractivity contribution >= 4 is 67.7 Å². The van der Waals surface area contributed by atoms with Gasteiger partial charge in [0, 0.05) is 51.6 Å². The van der Waals surface area contributed by atoms with E-state index in [2.05, 4.69) is 20.6 Å². The number of para-hydroxylation sites is 2. The molecule has 8 rings (SSSR count). The van der Waals surface area contributed by atoms with E-state index in [1.54, 1.807) is 66.7 Å². The first kappa shape index (κ1) is 36.2. The Balaban J connectivity index is 1.30. The van der Waals surface area contributed by atoms with Crippen LogP contribution in [-0.4, -0.2) is 47.2 Å². The van der Waals surface area contributed by atoms with Crippen LogP contribution in [0.3, 0.4) is 0 Å². The van der Waals surface area contributed by atoms with Crippen molar-refractivity contribution in [2.24, 2.45) is 0 Å². The summed E-state index contributed by atoms with van der Waals surface area (Å²) in [5.74, 6) is -2.07. The first-order valence-corrected chi connectivity index (χ1v) is 17.7. The molecule has 6 aromatic rings. The lowest BCUT2D eigenvalue weighted by molar-refractivity contribution is 0.0586. The SMILES string of the molecule is COC(=O)c1ccc2cccc(NCc3c4oc5c(CNc6cccc7ccc(C(=O)OC)nc67)c(N)ccc5c(-c5ccccc5C(=O)O)c-4ccc3=O)c2n1. The number of nitrogen functional groups attached to an aromatic ring is 1. The smallest absolute Gasteiger partial charge is 0.356 e. The fraction of sp³-hybridized carbons (Fsp3) is 0.0909. The third kappa shape index (κ3) is 6.56. The minimum absolute atomic E-state index is 0.0193. The van der Waals surface area contributed by atoms with E-state index in [-0.39, 0.29) is 46.8 Å². The fourth-order valence-corrected chi connectivity index (χ4v) is 7.04. The number of nitrogens with one attached hydrogen (secondary N) is 2. The van der Waals surface area contributed by atoms with Crippen LogP contribution in [-0.2, 0) is 22.6 Å². The number of methoxy groups -OCH3 is 2. The van der Waals surface area contributed by atoms with Gasteiger partial charge < -0.3 is 35.4 Å². The summed E-state index contributed by atoms with van der Waals surface area (Å²) in [6.45, 7) is 0.102. The van der Waals surface area contributed by atoms with Crippen LogP contribution in [0.2, 0.25) is 0 Å². The van der Waals surface area contributed by atoms with Crippen LogP contribution in [0, 0.1) is 0 Å². The molecule has 4 aromatic carbocycles. The van der Waals surface area contributed by atoms with Crippen LogP contribution >= 0.6 is 0 Å². The zero-order valence-corrected chi connectivity index (χ0v) is 30.6. The van der Waals surface area contributed by atoms with Gasteiger partial charge in [-0.1, -0.05) is 54.6 Å². The average Bonchev–Trinajstić information content (AvgIpc) is 3.24. The number of rotatable bonds is 10. The Labute approximate surface area is 324 Å². The maximum Gasteiger partial charge on any atom is 0.356 e. The molecule has 0 atom stereocenters. The van der Waals surface area contributed by atoms with Gasteiger partial charge >= 0.3 is 17.9 Å². The Morgan fingerprint density at radius 2 is 1.28 bits per heavy atom. The van der Waals surface area contributed by atoms with E-state index in [0.717, 1.165) is 10.8 Å². The summed E-state index contributed by atoms with van der Waals surface area (Å²) >= 11 is 0. The molecule has 13 nitrogen and oxygen atoms in total. The molecule has 0 amide bonds. The third-order valence-corrected chi connectivity index (χ3v) is 9.82. The molecule has 0 unspecified atom stereocenters. The van der Waals surface area contributed by atoms with E-state index in [4.69, 9.17) is 19.6 Å². The van der Waals surface area contributed by atoms with Crippen molar-refractivity contribution < 1.29 is 33.4 Å². The third-order valence-electron chi connectivity index (χ3n) is 9.82. The summed E-state index contributed by atoms with van der Waals surface area (Å²) in [7, 11) is 2.57. The standard InChI is InChI=1S/C44H33N5O8/c1-55-43(53)34-18-13-23-7-5-11-32(38(23)48-34)46-21-29-31(45)17-15-27-37(25-9-3-4-10-26(25)42(51)52)28-16-20-36(50)30(41(28)57-40(27)29)22-47-33-12-6-8-24-14-19-35(44(54)56-2)49-39(24)33/h3-20,46-47H,21-22,45H2,1-2H3,(H,51,52). The minimum Gasteiger partial charge on any atom is -0.478 e. The summed E-state index contributed by atoms with van der Waals surface area (Å²) in [6.07, 6.45) is 0. The molecule has 0 radical (unpaired) electrons. The maximum atomic E-state index is 13.8. The van der Waals surface area contributed by atoms with E-state index in [1.165, 1.54) is 26.4 Å². The second kappa shape index (κ2) is 14.8. The number of ether oxygens (including phenoxy) is 2. The first-order chi connectivity index (χ1) is 27.7. The number of nitrogens with zero attached hydrogens (tertiary/aromatic N) is 2. The normalized spacial score (nSPS) is 11.2. The maximum absolute atomic E-state index is 13.8. The van der Waals surface area contributed by atoms with Crippen molar-refractivity contribution in [2.45, 2.75) is 13.1 Å². The number of nitrogens with two attached hydrogens (primary N) is 1. The number of anilines is 3. The average molecular weight is 760 g/mol. The molecule has 3 heterocycles. The van der Waals surface area contributed by atoms with Crippen LogP contribution in [0.15, 0.2) is 118 Å². The summed E-state index contributed by atoms with van der Waals surface area (Å²) in [6, 6.07) is 30.9. The largest absolute Gasteiger partial charge is 0.478 e. The summed E-state index contributed by atoms with van der Waals surface area (Å²) in [5, 5.41) is 19.1. The highest BCUT2D eigenvalue weighted by atomic mass is 16.5. The molecule has 0 bridgehead atoms. The lowest BCUT2D eigenvalue weighted by Gasteiger charge is -2.21. The summed E-state index contributed by atoms with van der Waals surface area (Å²) < 4.78 is 16.5. The second-order valence-electron chi connectivity index (χ2n) is 13.1. The van der Waals surface area contributed by atoms with Gasteiger partial charge in [-0.25, -0.2) is 24.4 Å². The molecule has 0 saturated carbocycles. The fourth-order valence-electron chi connectivity index (χ4n) is 7.04. The molecular weight excluding hydrogens is 727 g/mol. The Morgan fingerprint density at radius 1 is 0.684 bits per heavy atom. The molecule has 2 aliphatic rings. The van der Waals surface area contributed by atoms with E-state index in [1.807, 2.05) is 30.3 Å². The van der Waals surface area contributed by atoms with Crippen molar-refractivity contribution in [3.63, 3.8) is 0 Å². The topological polar surface area (TPSA) is 196 Å². The number of hydrogen-bond acceptors (Lipinski definition) is 12. The zero-order chi connectivity index (χ0) is 39.8. The Hall–Kier alpha value is -7.80. The van der Waals surface area contributed by atoms with E-state index >= 15 is 0 Å². The Morgan fingerprint density at radius 3 is 1.88 bits per heavy atom. The van der Waals surface area contributed by atoms with Crippen molar-refractivity contribution in [1.29, 1.82) is 0 Å². The van der Waals surface area contributed by atoms with E-state index < -0.39 is 17.9 Å². The molecule has 1 aliphatic carbocycles. The number of aromatic carboxylic acids is 1. The van der Waals surface area contributed by atoms with Crippen LogP contribution in [0.1, 0.15) is 42.5 Å². The van der Waals surface area contributed by atoms with Crippen LogP contribution < -0.4 is 21.8 Å². The molecule has 57 heavy (non-hydrogen) atoms. The molecular formula is C44H33N5O8. The lowest BCUT2D eigenvalue weighted by atomic mass is 9.88. The number of carbonyl (C=O) groups is 3. The van der Waals surface area contributed by atoms with Gasteiger partial charge in [-0.05, 0) is 60.2 Å². The lowest BCUT2D eigenvalue weighted by Crippen LogP contribution is -2.15. The predicted molar refractivity (Wildman–Crippen MR) is 217 cm³/mol. The number of esters is 2. The molecule has 5 N–H and O–H groups in total. The van der Waals surface area contributed by atoms with E-state index in [0.29, 0.717) is 61.3 Å². The minimum atomic E-state index is -1.13. The van der Waals surface area contributed by atoms with Gasteiger partial charge in [0.25, 0.3) is 0 Å². The molecule has 1 aliphatic heterocycles. The monoisotopic (exact) mass is 759 g/mol. The number of carboxylic acid groups (broad SMARTS) is 1. The molecule has 0 saturated heterocycles. The Kier molecular flexibility index (Phi) is 9.39. The van der Waals surface area contributed by atoms with Gasteiger partial charge in [0.15, 0.2) is 5.43 Å². The molecule has 0 spiro atoms. The molecule has 0 fully saturated rings. The second-order valence-corrected chi connectivity index (χ2v) is 13.1. The highest BCUT2D eigenvalue weighted by Crippen LogP contribution is 2.44. The zero-order valence-electron chi connectivity index (χ0n) is 30.6. The quantitative estimate of drug-likeness (QED) is 0.0601. The number of pyridine rings is 2. The number of carboxylic acids is 1. The summed E-state index contributed by atoms with van der Waals surface area (Å²) in [5.41, 5.74) is 11.8. The number of fused-ring (bicyclic) bond motifs is 4. The van der Waals surface area contributed by atoms with Gasteiger partial charge in [0.2, 0.25) is 0 Å². The van der Waals surface area contributed by atoms with Crippen molar-refractivity contribution in [2.75, 3.05) is 30.6 Å². The summed E-state index contributed by atoms with van der Waals surface area (Å²) in [4.78, 5) is 60.1. The number of hydrogen-bond donors (Lipinski definition) is 4. The van der Waals surface area contributed by atoms with Crippen molar-refractivity contribution in [3.05, 3.63) is 147 Å². The van der Waals surface area contributed by atoms with Crippen molar-refractivity contribution in [3.8, 4) is 22.5 Å². The van der Waals surface area contributed by atoms with Crippen LogP contribution in [0.5, 0.6) is 0 Å². The Bertz CT molecular complexity index is 2960. The van der Waals surface area contributed by atoms with Gasteiger partial charge in [0.1, 0.15) is 22.7 Å². The number of carbonyl (C=O) groups excluding carboxylic acids is 2. The highest BCUT2D eigenvalue weighted by Gasteiger charge is 2.26. The predicted octanol–water partition coefficient (Wildman–Crippen LogP) is 7.74. The van der Waals surface area contributed by atoms with Gasteiger partial charge in [-0.2, -0.15) is 0 Å². The van der Waals surface area contributed by atoms with Gasteiger partial charge in [0.05, 0.1) is 47.8 Å². The molecule has 2 aromatic heterocycles. The number of aromatic nitrogens is 2. The van der Waals surface area contributed by atoms with E-state index in [9.17, 15) is 24.3 Å². The molecule has 13 heteroatoms. The number of benzene rings is 5. The van der Waals surface area contributed by atoms with Gasteiger partial charge in [-0.3, -0.25) is 4.79 Å². The molecule has 282 valence electrons. The van der Waals surface area contributed by atoms with Crippen molar-refractivity contribution in [1.82, 2.24) is 9.97 Å².